The highest BCUT2D eigenvalue weighted by Gasteiger charge is 2.34. The molecule has 2 N–H and O–H groups in total. The highest BCUT2D eigenvalue weighted by Crippen LogP contribution is 2.23. The molecule has 0 radical (unpaired) electrons. The summed E-state index contributed by atoms with van der Waals surface area (Å²) in [6.45, 7) is 5.17. The van der Waals surface area contributed by atoms with Gasteiger partial charge in [-0.15, -0.1) is 0 Å². The second kappa shape index (κ2) is 11.0. The molecule has 0 spiro atoms. The zero-order chi connectivity index (χ0) is 24.0. The van der Waals surface area contributed by atoms with Gasteiger partial charge in [0.2, 0.25) is 5.91 Å². The molecule has 3 rings (SSSR count). The smallest absolute Gasteiger partial charge is 0.254 e. The minimum atomic E-state index is -0.848. The highest BCUT2D eigenvalue weighted by atomic mass is 19.1. The van der Waals surface area contributed by atoms with E-state index in [1.165, 1.54) is 42.5 Å². The summed E-state index contributed by atoms with van der Waals surface area (Å²) in [5.41, 5.74) is 0.275. The molecule has 0 saturated carbocycles. The molecule has 0 aromatic heterocycles. The first-order chi connectivity index (χ1) is 15.8. The number of benzene rings is 2. The number of nitrogens with one attached hydrogen (secondary N) is 2. The van der Waals surface area contributed by atoms with Crippen LogP contribution in [0.2, 0.25) is 0 Å². The number of carbonyl (C=O) groups excluding carboxylic acids is 3. The number of hydrogen-bond donors (Lipinski definition) is 2. The number of carbonyl (C=O) groups is 3. The number of hydrogen-bond acceptors (Lipinski definition) is 3. The van der Waals surface area contributed by atoms with Crippen LogP contribution in [0.25, 0.3) is 0 Å². The Labute approximate surface area is 192 Å². The standard InChI is InChI=1S/C25H29F2N3O3/c1-16(2)15-28-24(32)22(29-23(31)20-5-3-4-6-21(20)27)17-11-13-30(14-12-17)25(33)18-7-9-19(26)10-8-18/h3-10,16-17,22H,11-15H2,1-2H3,(H,28,32)(H,29,31)/t22-/m0/s1. The van der Waals surface area contributed by atoms with Gasteiger partial charge in [0.1, 0.15) is 17.7 Å². The largest absolute Gasteiger partial charge is 0.354 e. The molecule has 2 aromatic rings. The van der Waals surface area contributed by atoms with Gasteiger partial charge < -0.3 is 15.5 Å². The molecule has 1 heterocycles. The molecule has 176 valence electrons. The van der Waals surface area contributed by atoms with E-state index in [2.05, 4.69) is 10.6 Å². The van der Waals surface area contributed by atoms with E-state index in [1.807, 2.05) is 13.8 Å². The zero-order valence-corrected chi connectivity index (χ0v) is 18.8. The van der Waals surface area contributed by atoms with Gasteiger partial charge >= 0.3 is 0 Å². The number of piperidine rings is 1. The molecule has 1 fully saturated rings. The molecular formula is C25H29F2N3O3. The van der Waals surface area contributed by atoms with Crippen molar-refractivity contribution in [2.75, 3.05) is 19.6 Å². The van der Waals surface area contributed by atoms with Crippen LogP contribution in [-0.2, 0) is 4.79 Å². The van der Waals surface area contributed by atoms with E-state index < -0.39 is 23.6 Å². The topological polar surface area (TPSA) is 78.5 Å². The average molecular weight is 458 g/mol. The molecule has 1 atom stereocenters. The van der Waals surface area contributed by atoms with Crippen LogP contribution < -0.4 is 10.6 Å². The number of amides is 3. The van der Waals surface area contributed by atoms with Crippen molar-refractivity contribution in [2.45, 2.75) is 32.7 Å². The number of likely N-dealkylation sites (tertiary alicyclic amines) is 1. The molecule has 1 aliphatic rings. The SMILES string of the molecule is CC(C)CNC(=O)[C@@H](NC(=O)c1ccccc1F)C1CCN(C(=O)c2ccc(F)cc2)CC1. The summed E-state index contributed by atoms with van der Waals surface area (Å²) in [4.78, 5) is 40.0. The van der Waals surface area contributed by atoms with Gasteiger partial charge in [-0.1, -0.05) is 26.0 Å². The van der Waals surface area contributed by atoms with Crippen LogP contribution in [-0.4, -0.2) is 48.3 Å². The molecule has 6 nitrogen and oxygen atoms in total. The molecule has 1 saturated heterocycles. The van der Waals surface area contributed by atoms with Gasteiger partial charge in [0.05, 0.1) is 5.56 Å². The fourth-order valence-electron chi connectivity index (χ4n) is 3.89. The Morgan fingerprint density at radius 1 is 1.00 bits per heavy atom. The molecule has 0 aliphatic carbocycles. The normalized spacial score (nSPS) is 15.2. The molecule has 33 heavy (non-hydrogen) atoms. The summed E-state index contributed by atoms with van der Waals surface area (Å²) in [7, 11) is 0. The van der Waals surface area contributed by atoms with Crippen molar-refractivity contribution in [2.24, 2.45) is 11.8 Å². The monoisotopic (exact) mass is 457 g/mol. The van der Waals surface area contributed by atoms with Crippen molar-refractivity contribution in [3.05, 3.63) is 71.3 Å². The zero-order valence-electron chi connectivity index (χ0n) is 18.8. The molecular weight excluding hydrogens is 428 g/mol. The lowest BCUT2D eigenvalue weighted by Gasteiger charge is -2.36. The second-order valence-corrected chi connectivity index (χ2v) is 8.71. The summed E-state index contributed by atoms with van der Waals surface area (Å²) in [5, 5.41) is 5.57. The maximum absolute atomic E-state index is 14.1. The van der Waals surface area contributed by atoms with Crippen molar-refractivity contribution < 1.29 is 23.2 Å². The van der Waals surface area contributed by atoms with E-state index in [0.29, 0.717) is 38.0 Å². The minimum Gasteiger partial charge on any atom is -0.354 e. The van der Waals surface area contributed by atoms with E-state index in [1.54, 1.807) is 11.0 Å². The van der Waals surface area contributed by atoms with Gasteiger partial charge in [-0.05, 0) is 61.1 Å². The molecule has 3 amide bonds. The van der Waals surface area contributed by atoms with Crippen LogP contribution in [0, 0.1) is 23.5 Å². The van der Waals surface area contributed by atoms with Crippen LogP contribution in [0.4, 0.5) is 8.78 Å². The fraction of sp³-hybridized carbons (Fsp3) is 0.400. The Hall–Kier alpha value is -3.29. The average Bonchev–Trinajstić information content (AvgIpc) is 2.81. The molecule has 1 aliphatic heterocycles. The predicted octanol–water partition coefficient (Wildman–Crippen LogP) is 3.39. The predicted molar refractivity (Wildman–Crippen MR) is 121 cm³/mol. The lowest BCUT2D eigenvalue weighted by molar-refractivity contribution is -0.124. The van der Waals surface area contributed by atoms with Gasteiger partial charge in [0.15, 0.2) is 0 Å². The fourth-order valence-corrected chi connectivity index (χ4v) is 3.89. The van der Waals surface area contributed by atoms with E-state index >= 15 is 0 Å². The van der Waals surface area contributed by atoms with Crippen molar-refractivity contribution >= 4 is 17.7 Å². The first kappa shape index (κ1) is 24.4. The first-order valence-electron chi connectivity index (χ1n) is 11.1. The molecule has 8 heteroatoms. The molecule has 0 bridgehead atoms. The van der Waals surface area contributed by atoms with Crippen LogP contribution >= 0.6 is 0 Å². The maximum Gasteiger partial charge on any atom is 0.254 e. The maximum atomic E-state index is 14.1. The summed E-state index contributed by atoms with van der Waals surface area (Å²) >= 11 is 0. The Bertz CT molecular complexity index is 987. The Morgan fingerprint density at radius 3 is 2.24 bits per heavy atom. The van der Waals surface area contributed by atoms with Gasteiger partial charge in [-0.3, -0.25) is 14.4 Å². The van der Waals surface area contributed by atoms with Crippen molar-refractivity contribution in [3.63, 3.8) is 0 Å². The van der Waals surface area contributed by atoms with Gasteiger partial charge in [-0.25, -0.2) is 8.78 Å². The summed E-state index contributed by atoms with van der Waals surface area (Å²) in [6.07, 6.45) is 0.981. The number of nitrogens with zero attached hydrogens (tertiary/aromatic N) is 1. The lowest BCUT2D eigenvalue weighted by atomic mass is 9.88. The van der Waals surface area contributed by atoms with Gasteiger partial charge in [-0.2, -0.15) is 0 Å². The third-order valence-corrected chi connectivity index (χ3v) is 5.76. The summed E-state index contributed by atoms with van der Waals surface area (Å²) in [5.74, 6) is -2.23. The minimum absolute atomic E-state index is 0.122. The summed E-state index contributed by atoms with van der Waals surface area (Å²) < 4.78 is 27.2. The van der Waals surface area contributed by atoms with Crippen LogP contribution in [0.15, 0.2) is 48.5 Å². The van der Waals surface area contributed by atoms with E-state index in [4.69, 9.17) is 0 Å². The summed E-state index contributed by atoms with van der Waals surface area (Å²) in [6, 6.07) is 10.2. The van der Waals surface area contributed by atoms with Crippen LogP contribution in [0.3, 0.4) is 0 Å². The van der Waals surface area contributed by atoms with Crippen molar-refractivity contribution in [1.29, 1.82) is 0 Å². The molecule has 2 aromatic carbocycles. The van der Waals surface area contributed by atoms with Crippen molar-refractivity contribution in [1.82, 2.24) is 15.5 Å². The van der Waals surface area contributed by atoms with Crippen LogP contribution in [0.5, 0.6) is 0 Å². The quantitative estimate of drug-likeness (QED) is 0.669. The highest BCUT2D eigenvalue weighted by molar-refractivity contribution is 5.98. The van der Waals surface area contributed by atoms with Gasteiger partial charge in [0.25, 0.3) is 11.8 Å². The Morgan fingerprint density at radius 2 is 1.64 bits per heavy atom. The van der Waals surface area contributed by atoms with Crippen molar-refractivity contribution in [3.8, 4) is 0 Å². The second-order valence-electron chi connectivity index (χ2n) is 8.71. The van der Waals surface area contributed by atoms with E-state index in [0.717, 1.165) is 0 Å². The number of rotatable bonds is 7. The van der Waals surface area contributed by atoms with E-state index in [9.17, 15) is 23.2 Å². The Kier molecular flexibility index (Phi) is 8.14. The Balaban J connectivity index is 1.69. The van der Waals surface area contributed by atoms with Gasteiger partial charge in [0, 0.05) is 25.2 Å². The molecule has 0 unspecified atom stereocenters. The van der Waals surface area contributed by atoms with Crippen LogP contribution in [0.1, 0.15) is 47.4 Å². The first-order valence-corrected chi connectivity index (χ1v) is 11.1. The third kappa shape index (κ3) is 6.37. The number of halogens is 2. The lowest BCUT2D eigenvalue weighted by Crippen LogP contribution is -2.54. The van der Waals surface area contributed by atoms with E-state index in [-0.39, 0.29) is 29.2 Å². The third-order valence-electron chi connectivity index (χ3n) is 5.76.